The molecule has 3 aromatic carbocycles. The van der Waals surface area contributed by atoms with Gasteiger partial charge in [0.15, 0.2) is 9.84 Å². The average Bonchev–Trinajstić information content (AvgIpc) is 3.24. The van der Waals surface area contributed by atoms with Crippen LogP contribution in [-0.4, -0.2) is 24.1 Å². The van der Waals surface area contributed by atoms with Crippen LogP contribution in [0.15, 0.2) is 91.3 Å². The van der Waals surface area contributed by atoms with Crippen molar-refractivity contribution in [3.05, 3.63) is 114 Å². The lowest BCUT2D eigenvalue weighted by molar-refractivity contribution is 0.102. The zero-order valence-corrected chi connectivity index (χ0v) is 17.8. The molecule has 0 aliphatic heterocycles. The topological polar surface area (TPSA) is 81.1 Å². The zero-order chi connectivity index (χ0) is 22.6. The first-order valence-electron chi connectivity index (χ1n) is 9.84. The second kappa shape index (κ2) is 9.15. The van der Waals surface area contributed by atoms with Crippen LogP contribution in [0.3, 0.4) is 0 Å². The van der Waals surface area contributed by atoms with Gasteiger partial charge in [-0.15, -0.1) is 0 Å². The minimum atomic E-state index is -3.38. The third-order valence-electron chi connectivity index (χ3n) is 4.74. The SMILES string of the molecule is O=C(Nc1cccc(CS(=O)(=O)Cc2ccccc2)c1)c1cnn(-c2ccccc2F)c1. The molecule has 1 amide bonds. The molecule has 8 heteroatoms. The van der Waals surface area contributed by atoms with Gasteiger partial charge in [-0.3, -0.25) is 4.79 Å². The van der Waals surface area contributed by atoms with Crippen molar-refractivity contribution in [1.29, 1.82) is 0 Å². The molecule has 32 heavy (non-hydrogen) atoms. The van der Waals surface area contributed by atoms with Crippen molar-refractivity contribution in [2.24, 2.45) is 0 Å². The quantitative estimate of drug-likeness (QED) is 0.454. The van der Waals surface area contributed by atoms with Gasteiger partial charge in [0.2, 0.25) is 0 Å². The van der Waals surface area contributed by atoms with Gasteiger partial charge in [0.05, 0.1) is 23.3 Å². The Bertz CT molecular complexity index is 1350. The summed E-state index contributed by atoms with van der Waals surface area (Å²) >= 11 is 0. The highest BCUT2D eigenvalue weighted by Gasteiger charge is 2.15. The third-order valence-corrected chi connectivity index (χ3v) is 6.29. The number of hydrogen-bond acceptors (Lipinski definition) is 4. The fourth-order valence-electron chi connectivity index (χ4n) is 3.28. The van der Waals surface area contributed by atoms with E-state index in [1.807, 2.05) is 6.07 Å². The van der Waals surface area contributed by atoms with E-state index in [4.69, 9.17) is 0 Å². The van der Waals surface area contributed by atoms with Crippen LogP contribution in [0.25, 0.3) is 5.69 Å². The molecule has 0 saturated heterocycles. The Labute approximate surface area is 185 Å². The van der Waals surface area contributed by atoms with E-state index in [1.165, 1.54) is 23.1 Å². The minimum Gasteiger partial charge on any atom is -0.322 e. The number of amides is 1. The Hall–Kier alpha value is -3.78. The number of carbonyl (C=O) groups excluding carboxylic acids is 1. The highest BCUT2D eigenvalue weighted by Crippen LogP contribution is 2.18. The fraction of sp³-hybridized carbons (Fsp3) is 0.0833. The normalized spacial score (nSPS) is 11.3. The number of nitrogens with zero attached hydrogens (tertiary/aromatic N) is 2. The first-order chi connectivity index (χ1) is 15.4. The lowest BCUT2D eigenvalue weighted by atomic mass is 10.2. The Balaban J connectivity index is 1.45. The van der Waals surface area contributed by atoms with Crippen LogP contribution in [0.2, 0.25) is 0 Å². The minimum absolute atomic E-state index is 0.0559. The number of nitrogens with one attached hydrogen (secondary N) is 1. The first kappa shape index (κ1) is 21.5. The van der Waals surface area contributed by atoms with Crippen molar-refractivity contribution in [1.82, 2.24) is 9.78 Å². The van der Waals surface area contributed by atoms with Crippen LogP contribution in [0.4, 0.5) is 10.1 Å². The molecule has 0 saturated carbocycles. The van der Waals surface area contributed by atoms with E-state index >= 15 is 0 Å². The van der Waals surface area contributed by atoms with Crippen LogP contribution >= 0.6 is 0 Å². The molecule has 6 nitrogen and oxygen atoms in total. The van der Waals surface area contributed by atoms with Gasteiger partial charge in [-0.05, 0) is 35.4 Å². The summed E-state index contributed by atoms with van der Waals surface area (Å²) in [6.07, 6.45) is 2.78. The summed E-state index contributed by atoms with van der Waals surface area (Å²) in [5.41, 5.74) is 2.23. The smallest absolute Gasteiger partial charge is 0.258 e. The number of rotatable bonds is 7. The molecule has 1 heterocycles. The molecule has 162 valence electrons. The maximum atomic E-state index is 13.9. The van der Waals surface area contributed by atoms with E-state index in [1.54, 1.807) is 66.7 Å². The monoisotopic (exact) mass is 449 g/mol. The maximum Gasteiger partial charge on any atom is 0.258 e. The van der Waals surface area contributed by atoms with Crippen molar-refractivity contribution >= 4 is 21.4 Å². The Morgan fingerprint density at radius 3 is 2.38 bits per heavy atom. The summed E-state index contributed by atoms with van der Waals surface area (Å²) in [5.74, 6) is -1.08. The Morgan fingerprint density at radius 1 is 0.906 bits per heavy atom. The second-order valence-electron chi connectivity index (χ2n) is 7.30. The van der Waals surface area contributed by atoms with E-state index < -0.39 is 21.6 Å². The van der Waals surface area contributed by atoms with Gasteiger partial charge in [-0.2, -0.15) is 5.10 Å². The molecule has 1 aromatic heterocycles. The standard InChI is InChI=1S/C24H20FN3O3S/c25-22-11-4-5-12-23(22)28-15-20(14-26-28)24(29)27-21-10-6-9-19(13-21)17-32(30,31)16-18-7-2-1-3-8-18/h1-15H,16-17H2,(H,27,29). The first-order valence-corrected chi connectivity index (χ1v) is 11.7. The number of sulfone groups is 1. The molecular weight excluding hydrogens is 429 g/mol. The lowest BCUT2D eigenvalue weighted by Crippen LogP contribution is -2.12. The van der Waals surface area contributed by atoms with Gasteiger partial charge in [0.1, 0.15) is 11.5 Å². The predicted molar refractivity (Wildman–Crippen MR) is 121 cm³/mol. The lowest BCUT2D eigenvalue weighted by Gasteiger charge is -2.08. The van der Waals surface area contributed by atoms with Crippen molar-refractivity contribution in [3.8, 4) is 5.69 Å². The molecule has 0 aliphatic rings. The molecule has 1 N–H and O–H groups in total. The van der Waals surface area contributed by atoms with E-state index in [-0.39, 0.29) is 22.8 Å². The molecule has 0 spiro atoms. The van der Waals surface area contributed by atoms with Crippen molar-refractivity contribution in [3.63, 3.8) is 0 Å². The zero-order valence-electron chi connectivity index (χ0n) is 17.0. The van der Waals surface area contributed by atoms with E-state index in [9.17, 15) is 17.6 Å². The summed E-state index contributed by atoms with van der Waals surface area (Å²) in [5, 5.41) is 6.79. The summed E-state index contributed by atoms with van der Waals surface area (Å²) in [6.45, 7) is 0. The molecule has 0 radical (unpaired) electrons. The van der Waals surface area contributed by atoms with Crippen LogP contribution in [0.1, 0.15) is 21.5 Å². The molecule has 0 atom stereocenters. The highest BCUT2D eigenvalue weighted by atomic mass is 32.2. The van der Waals surface area contributed by atoms with Crippen LogP contribution in [0.5, 0.6) is 0 Å². The third kappa shape index (κ3) is 5.28. The Kier molecular flexibility index (Phi) is 6.13. The number of anilines is 1. The second-order valence-corrected chi connectivity index (χ2v) is 9.36. The van der Waals surface area contributed by atoms with Crippen molar-refractivity contribution < 1.29 is 17.6 Å². The van der Waals surface area contributed by atoms with E-state index in [0.29, 0.717) is 11.3 Å². The molecular formula is C24H20FN3O3S. The number of aromatic nitrogens is 2. The fourth-order valence-corrected chi connectivity index (χ4v) is 4.77. The van der Waals surface area contributed by atoms with Crippen LogP contribution in [-0.2, 0) is 21.3 Å². The summed E-state index contributed by atoms with van der Waals surface area (Å²) in [4.78, 5) is 12.6. The van der Waals surface area contributed by atoms with Crippen LogP contribution in [0, 0.1) is 5.82 Å². The van der Waals surface area contributed by atoms with Crippen LogP contribution < -0.4 is 5.32 Å². The number of benzene rings is 3. The Morgan fingerprint density at radius 2 is 1.59 bits per heavy atom. The van der Waals surface area contributed by atoms with Crippen molar-refractivity contribution in [2.45, 2.75) is 11.5 Å². The van der Waals surface area contributed by atoms with E-state index in [2.05, 4.69) is 10.4 Å². The molecule has 4 aromatic rings. The largest absolute Gasteiger partial charge is 0.322 e. The van der Waals surface area contributed by atoms with Gasteiger partial charge in [0, 0.05) is 11.9 Å². The summed E-state index contributed by atoms with van der Waals surface area (Å²) in [7, 11) is -3.38. The van der Waals surface area contributed by atoms with Gasteiger partial charge < -0.3 is 5.32 Å². The molecule has 0 aliphatic carbocycles. The molecule has 4 rings (SSSR count). The number of halogens is 1. The van der Waals surface area contributed by atoms with Crippen molar-refractivity contribution in [2.75, 3.05) is 5.32 Å². The molecule has 0 bridgehead atoms. The number of carbonyl (C=O) groups is 1. The van der Waals surface area contributed by atoms with Gasteiger partial charge in [0.25, 0.3) is 5.91 Å². The van der Waals surface area contributed by atoms with Gasteiger partial charge >= 0.3 is 0 Å². The predicted octanol–water partition coefficient (Wildman–Crippen LogP) is 4.38. The van der Waals surface area contributed by atoms with Gasteiger partial charge in [-0.25, -0.2) is 17.5 Å². The number of hydrogen-bond donors (Lipinski definition) is 1. The highest BCUT2D eigenvalue weighted by molar-refractivity contribution is 7.89. The molecule has 0 unspecified atom stereocenters. The van der Waals surface area contributed by atoms with Gasteiger partial charge in [-0.1, -0.05) is 54.6 Å². The average molecular weight is 450 g/mol. The number of para-hydroxylation sites is 1. The van der Waals surface area contributed by atoms with E-state index in [0.717, 1.165) is 5.56 Å². The maximum absolute atomic E-state index is 13.9. The molecule has 0 fully saturated rings. The summed E-state index contributed by atoms with van der Waals surface area (Å²) in [6, 6.07) is 21.8. The summed E-state index contributed by atoms with van der Waals surface area (Å²) < 4.78 is 40.3.